The van der Waals surface area contributed by atoms with Crippen LogP contribution in [0.1, 0.15) is 38.3 Å². The zero-order valence-electron chi connectivity index (χ0n) is 13.8. The molecule has 0 radical (unpaired) electrons. The maximum atomic E-state index is 12.2. The Balaban J connectivity index is 0.00000264. The highest BCUT2D eigenvalue weighted by Gasteiger charge is 2.23. The van der Waals surface area contributed by atoms with Gasteiger partial charge in [-0.1, -0.05) is 28.1 Å². The van der Waals surface area contributed by atoms with Crippen LogP contribution < -0.4 is 11.1 Å². The highest BCUT2D eigenvalue weighted by Crippen LogP contribution is 2.20. The Bertz CT molecular complexity index is 487. The van der Waals surface area contributed by atoms with E-state index in [0.29, 0.717) is 12.5 Å². The summed E-state index contributed by atoms with van der Waals surface area (Å²) in [5, 5.41) is 3.08. The number of nitrogens with two attached hydrogens (primary N) is 1. The van der Waals surface area contributed by atoms with E-state index in [1.54, 1.807) is 0 Å². The average molecular weight is 405 g/mol. The summed E-state index contributed by atoms with van der Waals surface area (Å²) in [4.78, 5) is 14.4. The molecule has 3 N–H and O–H groups in total. The van der Waals surface area contributed by atoms with E-state index in [1.165, 1.54) is 0 Å². The number of likely N-dealkylation sites (tertiary alicyclic amines) is 1. The van der Waals surface area contributed by atoms with E-state index < -0.39 is 0 Å². The van der Waals surface area contributed by atoms with E-state index in [4.69, 9.17) is 5.73 Å². The van der Waals surface area contributed by atoms with Gasteiger partial charge in [0.05, 0.1) is 12.6 Å². The highest BCUT2D eigenvalue weighted by atomic mass is 79.9. The van der Waals surface area contributed by atoms with E-state index in [-0.39, 0.29) is 30.4 Å². The Morgan fingerprint density at radius 2 is 1.87 bits per heavy atom. The van der Waals surface area contributed by atoms with Gasteiger partial charge in [-0.15, -0.1) is 12.4 Å². The van der Waals surface area contributed by atoms with Gasteiger partial charge in [0.1, 0.15) is 0 Å². The van der Waals surface area contributed by atoms with Crippen LogP contribution in [-0.4, -0.2) is 36.5 Å². The SMILES string of the molecule is CC(NC(=O)CN1CCC(C(C)N)CC1)c1ccc(Br)cc1.Cl. The van der Waals surface area contributed by atoms with Crippen LogP contribution in [0.2, 0.25) is 0 Å². The molecule has 2 rings (SSSR count). The fraction of sp³-hybridized carbons (Fsp3) is 0.588. The lowest BCUT2D eigenvalue weighted by Crippen LogP contribution is -2.44. The Labute approximate surface area is 153 Å². The number of nitrogens with zero attached hydrogens (tertiary/aromatic N) is 1. The molecule has 1 fully saturated rings. The van der Waals surface area contributed by atoms with E-state index in [9.17, 15) is 4.79 Å². The van der Waals surface area contributed by atoms with Crippen LogP contribution >= 0.6 is 28.3 Å². The molecule has 1 aromatic carbocycles. The van der Waals surface area contributed by atoms with Gasteiger partial charge in [0.15, 0.2) is 0 Å². The van der Waals surface area contributed by atoms with Crippen LogP contribution in [0.5, 0.6) is 0 Å². The predicted molar refractivity (Wildman–Crippen MR) is 101 cm³/mol. The Morgan fingerprint density at radius 1 is 1.30 bits per heavy atom. The summed E-state index contributed by atoms with van der Waals surface area (Å²) in [6.07, 6.45) is 2.18. The summed E-state index contributed by atoms with van der Waals surface area (Å²) in [6.45, 7) is 6.50. The number of carbonyl (C=O) groups excluding carboxylic acids is 1. The van der Waals surface area contributed by atoms with Crippen LogP contribution in [-0.2, 0) is 4.79 Å². The van der Waals surface area contributed by atoms with Gasteiger partial charge in [-0.3, -0.25) is 9.69 Å². The molecule has 130 valence electrons. The summed E-state index contributed by atoms with van der Waals surface area (Å²) >= 11 is 3.42. The zero-order chi connectivity index (χ0) is 16.1. The summed E-state index contributed by atoms with van der Waals surface area (Å²) in [6, 6.07) is 8.34. The van der Waals surface area contributed by atoms with Crippen LogP contribution in [0.15, 0.2) is 28.7 Å². The minimum Gasteiger partial charge on any atom is -0.348 e. The van der Waals surface area contributed by atoms with Gasteiger partial charge >= 0.3 is 0 Å². The maximum absolute atomic E-state index is 12.2. The number of hydrogen-bond donors (Lipinski definition) is 2. The first-order valence-corrected chi connectivity index (χ1v) is 8.77. The van der Waals surface area contributed by atoms with Gasteiger partial charge in [0.2, 0.25) is 5.91 Å². The van der Waals surface area contributed by atoms with Crippen molar-refractivity contribution in [2.24, 2.45) is 11.7 Å². The number of benzene rings is 1. The van der Waals surface area contributed by atoms with Crippen molar-refractivity contribution < 1.29 is 4.79 Å². The monoisotopic (exact) mass is 403 g/mol. The second-order valence-electron chi connectivity index (χ2n) is 6.31. The van der Waals surface area contributed by atoms with Crippen LogP contribution in [0.25, 0.3) is 0 Å². The van der Waals surface area contributed by atoms with Gasteiger partial charge in [0, 0.05) is 10.5 Å². The first kappa shape index (κ1) is 20.4. The molecular formula is C17H27BrClN3O. The first-order valence-electron chi connectivity index (χ1n) is 7.98. The van der Waals surface area contributed by atoms with E-state index in [1.807, 2.05) is 31.2 Å². The van der Waals surface area contributed by atoms with Crippen LogP contribution in [0.4, 0.5) is 0 Å². The van der Waals surface area contributed by atoms with Gasteiger partial charge in [0.25, 0.3) is 0 Å². The molecule has 6 heteroatoms. The van der Waals surface area contributed by atoms with Gasteiger partial charge in [-0.05, 0) is 63.4 Å². The molecule has 1 amide bonds. The van der Waals surface area contributed by atoms with E-state index in [2.05, 4.69) is 33.1 Å². The van der Waals surface area contributed by atoms with Gasteiger partial charge < -0.3 is 11.1 Å². The van der Waals surface area contributed by atoms with E-state index in [0.717, 1.165) is 36.0 Å². The molecule has 4 nitrogen and oxygen atoms in total. The quantitative estimate of drug-likeness (QED) is 0.793. The van der Waals surface area contributed by atoms with Crippen molar-refractivity contribution in [3.8, 4) is 0 Å². The summed E-state index contributed by atoms with van der Waals surface area (Å²) in [5.74, 6) is 0.690. The average Bonchev–Trinajstić information content (AvgIpc) is 2.48. The Morgan fingerprint density at radius 3 is 2.39 bits per heavy atom. The third kappa shape index (κ3) is 6.42. The summed E-state index contributed by atoms with van der Waals surface area (Å²) in [7, 11) is 0. The Hall–Kier alpha value is -0.620. The molecule has 2 unspecified atom stereocenters. The fourth-order valence-electron chi connectivity index (χ4n) is 2.96. The molecular weight excluding hydrogens is 378 g/mol. The van der Waals surface area contributed by atoms with Crippen LogP contribution in [0, 0.1) is 5.92 Å². The fourth-order valence-corrected chi connectivity index (χ4v) is 3.23. The molecule has 0 aliphatic carbocycles. The second-order valence-corrected chi connectivity index (χ2v) is 7.23. The number of carbonyl (C=O) groups is 1. The van der Waals surface area contributed by atoms with Crippen molar-refractivity contribution in [2.75, 3.05) is 19.6 Å². The molecule has 1 saturated heterocycles. The number of hydrogen-bond acceptors (Lipinski definition) is 3. The van der Waals surface area contributed by atoms with Gasteiger partial charge in [-0.25, -0.2) is 0 Å². The van der Waals surface area contributed by atoms with E-state index >= 15 is 0 Å². The smallest absolute Gasteiger partial charge is 0.234 e. The molecule has 1 aliphatic heterocycles. The van der Waals surface area contributed by atoms with Crippen molar-refractivity contribution in [3.05, 3.63) is 34.3 Å². The maximum Gasteiger partial charge on any atom is 0.234 e. The lowest BCUT2D eigenvalue weighted by atomic mass is 9.91. The lowest BCUT2D eigenvalue weighted by molar-refractivity contribution is -0.123. The van der Waals surface area contributed by atoms with Crippen molar-refractivity contribution in [3.63, 3.8) is 0 Å². The minimum absolute atomic E-state index is 0. The molecule has 0 saturated carbocycles. The number of halogens is 2. The third-order valence-corrected chi connectivity index (χ3v) is 5.02. The molecule has 2 atom stereocenters. The topological polar surface area (TPSA) is 58.4 Å². The predicted octanol–water partition coefficient (Wildman–Crippen LogP) is 3.11. The van der Waals surface area contributed by atoms with Crippen LogP contribution in [0.3, 0.4) is 0 Å². The molecule has 23 heavy (non-hydrogen) atoms. The third-order valence-electron chi connectivity index (χ3n) is 4.49. The molecule has 1 aromatic rings. The summed E-state index contributed by atoms with van der Waals surface area (Å²) in [5.41, 5.74) is 7.07. The van der Waals surface area contributed by atoms with Crippen molar-refractivity contribution in [2.45, 2.75) is 38.8 Å². The normalized spacial score (nSPS) is 18.8. The van der Waals surface area contributed by atoms with Crippen molar-refractivity contribution >= 4 is 34.2 Å². The number of rotatable bonds is 5. The number of nitrogens with one attached hydrogen (secondary N) is 1. The second kappa shape index (κ2) is 9.62. The molecule has 1 aliphatic rings. The molecule has 0 spiro atoms. The molecule has 0 bridgehead atoms. The highest BCUT2D eigenvalue weighted by molar-refractivity contribution is 9.10. The largest absolute Gasteiger partial charge is 0.348 e. The Kier molecular flexibility index (Phi) is 8.54. The number of amides is 1. The zero-order valence-corrected chi connectivity index (χ0v) is 16.2. The minimum atomic E-state index is 0. The van der Waals surface area contributed by atoms with Crippen molar-refractivity contribution in [1.29, 1.82) is 0 Å². The summed E-state index contributed by atoms with van der Waals surface area (Å²) < 4.78 is 1.05. The molecule has 1 heterocycles. The van der Waals surface area contributed by atoms with Gasteiger partial charge in [-0.2, -0.15) is 0 Å². The molecule has 0 aromatic heterocycles. The number of piperidine rings is 1. The lowest BCUT2D eigenvalue weighted by Gasteiger charge is -2.33. The first-order chi connectivity index (χ1) is 10.5. The van der Waals surface area contributed by atoms with Crippen molar-refractivity contribution in [1.82, 2.24) is 10.2 Å². The standard InChI is InChI=1S/C17H26BrN3O.ClH/c1-12(19)14-7-9-21(10-8-14)11-17(22)20-13(2)15-3-5-16(18)6-4-15;/h3-6,12-14H,7-11,19H2,1-2H3,(H,20,22);1H.